The minimum absolute atomic E-state index is 0.143. The van der Waals surface area contributed by atoms with Crippen molar-refractivity contribution in [2.24, 2.45) is 11.8 Å². The number of carbonyl (C=O) groups excluding carboxylic acids is 3. The van der Waals surface area contributed by atoms with Crippen molar-refractivity contribution in [1.29, 1.82) is 0 Å². The van der Waals surface area contributed by atoms with Gasteiger partial charge < -0.3 is 10.4 Å². The van der Waals surface area contributed by atoms with E-state index in [1.165, 1.54) is 0 Å². The molecule has 1 unspecified atom stereocenters. The van der Waals surface area contributed by atoms with Crippen molar-refractivity contribution in [2.75, 3.05) is 0 Å². The van der Waals surface area contributed by atoms with Crippen LogP contribution >= 0.6 is 0 Å². The number of imide groups is 1. The molecule has 0 saturated carbocycles. The fourth-order valence-electron chi connectivity index (χ4n) is 2.78. The Balaban J connectivity index is 1.98. The van der Waals surface area contributed by atoms with Gasteiger partial charge in [-0.1, -0.05) is 26.0 Å². The van der Waals surface area contributed by atoms with Crippen molar-refractivity contribution in [3.8, 4) is 0 Å². The van der Waals surface area contributed by atoms with Gasteiger partial charge in [-0.25, -0.2) is 4.79 Å². The van der Waals surface area contributed by atoms with E-state index in [0.29, 0.717) is 18.4 Å². The highest BCUT2D eigenvalue weighted by Crippen LogP contribution is 2.18. The molecule has 1 fully saturated rings. The summed E-state index contributed by atoms with van der Waals surface area (Å²) in [6.07, 6.45) is 0.950. The average molecular weight is 346 g/mol. The molecule has 3 N–H and O–H groups in total. The minimum Gasteiger partial charge on any atom is -0.480 e. The van der Waals surface area contributed by atoms with Crippen LogP contribution in [0.4, 0.5) is 0 Å². The number of carboxylic acid groups (broad SMARTS) is 1. The number of rotatable bonds is 7. The number of carboxylic acids is 1. The number of hydrogen-bond acceptors (Lipinski definition) is 4. The second-order valence-electron chi connectivity index (χ2n) is 6.71. The molecule has 7 nitrogen and oxygen atoms in total. The highest BCUT2D eigenvalue weighted by molar-refractivity contribution is 6.03. The third kappa shape index (κ3) is 5.14. The number of aliphatic carboxylic acids is 1. The molecule has 134 valence electrons. The Morgan fingerprint density at radius 2 is 1.88 bits per heavy atom. The zero-order chi connectivity index (χ0) is 18.6. The van der Waals surface area contributed by atoms with Crippen molar-refractivity contribution < 1.29 is 24.3 Å². The number of hydrogen-bond donors (Lipinski definition) is 3. The van der Waals surface area contributed by atoms with Gasteiger partial charge in [-0.2, -0.15) is 0 Å². The van der Waals surface area contributed by atoms with Gasteiger partial charge in [-0.15, -0.1) is 0 Å². The van der Waals surface area contributed by atoms with Gasteiger partial charge in [0.15, 0.2) is 0 Å². The van der Waals surface area contributed by atoms with Crippen molar-refractivity contribution in [3.63, 3.8) is 0 Å². The van der Waals surface area contributed by atoms with Crippen LogP contribution < -0.4 is 10.6 Å². The van der Waals surface area contributed by atoms with Gasteiger partial charge in [0.05, 0.1) is 5.92 Å². The first-order valence-electron chi connectivity index (χ1n) is 8.22. The Hall–Kier alpha value is -2.70. The van der Waals surface area contributed by atoms with E-state index in [2.05, 4.69) is 10.6 Å². The maximum atomic E-state index is 12.2. The number of amides is 3. The van der Waals surface area contributed by atoms with Crippen LogP contribution in [-0.4, -0.2) is 34.8 Å². The fourth-order valence-corrected chi connectivity index (χ4v) is 2.78. The lowest BCUT2D eigenvalue weighted by molar-refractivity contribution is -0.139. The van der Waals surface area contributed by atoms with E-state index >= 15 is 0 Å². The van der Waals surface area contributed by atoms with Crippen molar-refractivity contribution >= 4 is 23.7 Å². The molecule has 2 rings (SSSR count). The summed E-state index contributed by atoms with van der Waals surface area (Å²) in [5.41, 5.74) is 1.19. The van der Waals surface area contributed by atoms with Gasteiger partial charge in [-0.05, 0) is 36.5 Å². The lowest BCUT2D eigenvalue weighted by Crippen LogP contribution is -2.41. The van der Waals surface area contributed by atoms with Gasteiger partial charge in [0.1, 0.15) is 6.04 Å². The Morgan fingerprint density at radius 1 is 1.24 bits per heavy atom. The predicted molar refractivity (Wildman–Crippen MR) is 89.7 cm³/mol. The van der Waals surface area contributed by atoms with E-state index in [9.17, 15) is 24.3 Å². The summed E-state index contributed by atoms with van der Waals surface area (Å²) in [6.45, 7) is 3.78. The summed E-state index contributed by atoms with van der Waals surface area (Å²) in [6, 6.07) is 5.67. The molecule has 2 atom stereocenters. The molecule has 25 heavy (non-hydrogen) atoms. The Bertz CT molecular complexity index is 681. The third-order valence-corrected chi connectivity index (χ3v) is 4.07. The first-order chi connectivity index (χ1) is 11.8. The van der Waals surface area contributed by atoms with Crippen molar-refractivity contribution in [3.05, 3.63) is 35.4 Å². The lowest BCUT2D eigenvalue weighted by atomic mass is 9.97. The molecule has 1 aromatic carbocycles. The van der Waals surface area contributed by atoms with Gasteiger partial charge >= 0.3 is 5.97 Å². The Labute approximate surface area is 145 Å². The zero-order valence-corrected chi connectivity index (χ0v) is 14.2. The summed E-state index contributed by atoms with van der Waals surface area (Å²) >= 11 is 0. The minimum atomic E-state index is -1.06. The molecular formula is C18H22N2O5. The average Bonchev–Trinajstić information content (AvgIpc) is 2.84. The first kappa shape index (κ1) is 18.6. The van der Waals surface area contributed by atoms with Gasteiger partial charge in [0, 0.05) is 12.0 Å². The van der Waals surface area contributed by atoms with E-state index < -0.39 is 17.9 Å². The summed E-state index contributed by atoms with van der Waals surface area (Å²) in [4.78, 5) is 46.2. The van der Waals surface area contributed by atoms with Crippen LogP contribution in [0, 0.1) is 11.8 Å². The van der Waals surface area contributed by atoms with Crippen LogP contribution in [-0.2, 0) is 20.8 Å². The fraction of sp³-hybridized carbons (Fsp3) is 0.444. The molecule has 1 aromatic rings. The third-order valence-electron chi connectivity index (χ3n) is 4.07. The highest BCUT2D eigenvalue weighted by Gasteiger charge is 2.30. The number of carbonyl (C=O) groups is 4. The molecular weight excluding hydrogens is 324 g/mol. The van der Waals surface area contributed by atoms with Crippen LogP contribution in [0.15, 0.2) is 24.3 Å². The molecule has 0 radical (unpaired) electrons. The molecule has 7 heteroatoms. The Kier molecular flexibility index (Phi) is 5.90. The topological polar surface area (TPSA) is 113 Å². The summed E-state index contributed by atoms with van der Waals surface area (Å²) in [5.74, 6) is -2.29. The molecule has 0 spiro atoms. The summed E-state index contributed by atoms with van der Waals surface area (Å²) in [7, 11) is 0. The van der Waals surface area contributed by atoms with Crippen LogP contribution in [0.1, 0.15) is 42.6 Å². The maximum Gasteiger partial charge on any atom is 0.326 e. The summed E-state index contributed by atoms with van der Waals surface area (Å²) in [5, 5.41) is 14.0. The van der Waals surface area contributed by atoms with Gasteiger partial charge in [-0.3, -0.25) is 19.7 Å². The monoisotopic (exact) mass is 346 g/mol. The maximum absolute atomic E-state index is 12.2. The summed E-state index contributed by atoms with van der Waals surface area (Å²) < 4.78 is 0. The smallest absolute Gasteiger partial charge is 0.326 e. The van der Waals surface area contributed by atoms with E-state index in [1.54, 1.807) is 24.3 Å². The van der Waals surface area contributed by atoms with Crippen molar-refractivity contribution in [2.45, 2.75) is 39.2 Å². The van der Waals surface area contributed by atoms with Crippen LogP contribution in [0.25, 0.3) is 0 Å². The normalized spacial score (nSPS) is 18.1. The molecule has 1 heterocycles. The largest absolute Gasteiger partial charge is 0.480 e. The number of nitrogens with one attached hydrogen (secondary N) is 2. The van der Waals surface area contributed by atoms with Gasteiger partial charge in [0.25, 0.3) is 5.91 Å². The van der Waals surface area contributed by atoms with Crippen LogP contribution in [0.5, 0.6) is 0 Å². The van der Waals surface area contributed by atoms with Crippen LogP contribution in [0.2, 0.25) is 0 Å². The quantitative estimate of drug-likeness (QED) is 0.641. The molecule has 1 aliphatic heterocycles. The molecule has 0 aromatic heterocycles. The lowest BCUT2D eigenvalue weighted by Gasteiger charge is -2.16. The van der Waals surface area contributed by atoms with E-state index in [4.69, 9.17) is 0 Å². The zero-order valence-electron chi connectivity index (χ0n) is 14.2. The van der Waals surface area contributed by atoms with E-state index in [-0.39, 0.29) is 30.1 Å². The molecule has 0 bridgehead atoms. The standard InChI is InChI=1S/C18H22N2O5/c1-10(2)7-14(18(24)25)19-16(22)12-5-3-11(4-6-12)8-13-9-15(21)20-17(13)23/h3-6,10,13-14H,7-9H2,1-2H3,(H,19,22)(H,24,25)(H,20,21,23)/t13?,14-/m0/s1. The van der Waals surface area contributed by atoms with E-state index in [1.807, 2.05) is 13.8 Å². The van der Waals surface area contributed by atoms with Crippen molar-refractivity contribution in [1.82, 2.24) is 10.6 Å². The first-order valence-corrected chi connectivity index (χ1v) is 8.22. The van der Waals surface area contributed by atoms with E-state index in [0.717, 1.165) is 5.56 Å². The van der Waals surface area contributed by atoms with Gasteiger partial charge in [0.2, 0.25) is 11.8 Å². The molecule has 1 saturated heterocycles. The predicted octanol–water partition coefficient (Wildman–Crippen LogP) is 1.12. The molecule has 0 aliphatic carbocycles. The highest BCUT2D eigenvalue weighted by atomic mass is 16.4. The molecule has 1 aliphatic rings. The second kappa shape index (κ2) is 7.92. The number of benzene rings is 1. The Morgan fingerprint density at radius 3 is 2.36 bits per heavy atom. The van der Waals surface area contributed by atoms with Crippen LogP contribution in [0.3, 0.4) is 0 Å². The second-order valence-corrected chi connectivity index (χ2v) is 6.71. The SMILES string of the molecule is CC(C)C[C@H](NC(=O)c1ccc(CC2CC(=O)NC2=O)cc1)C(=O)O. The molecule has 3 amide bonds.